The molecule has 0 unspecified atom stereocenters. The molecule has 0 aliphatic carbocycles. The molecule has 4 rings (SSSR count). The summed E-state index contributed by atoms with van der Waals surface area (Å²) in [5, 5.41) is 15.4. The number of aryl methyl sites for hydroxylation is 1. The van der Waals surface area contributed by atoms with Crippen molar-refractivity contribution in [2.24, 2.45) is 12.8 Å². The number of hydrogen-bond donors (Lipinski definition) is 6. The lowest BCUT2D eigenvalue weighted by molar-refractivity contribution is -0.115. The molecule has 0 aliphatic heterocycles. The summed E-state index contributed by atoms with van der Waals surface area (Å²) in [5.41, 5.74) is 10.0. The number of rotatable bonds is 16. The number of carbonyl (C=O) groups excluding carboxylic acids is 3. The zero-order chi connectivity index (χ0) is 34.1. The summed E-state index contributed by atoms with van der Waals surface area (Å²) in [7, 11) is 5.66. The molecule has 0 saturated carbocycles. The quantitative estimate of drug-likeness (QED) is 0.0431. The summed E-state index contributed by atoms with van der Waals surface area (Å²) in [6, 6.07) is 12.4. The summed E-state index contributed by atoms with van der Waals surface area (Å²) in [6.07, 6.45) is 2.49. The zero-order valence-electron chi connectivity index (χ0n) is 27.3. The van der Waals surface area contributed by atoms with Crippen LogP contribution >= 0.6 is 48.0 Å². The van der Waals surface area contributed by atoms with Crippen LogP contribution in [0.2, 0.25) is 0 Å². The third-order valence-electron chi connectivity index (χ3n) is 7.24. The number of nitrogens with zero attached hydrogens (tertiary/aromatic N) is 5. The maximum Gasteiger partial charge on any atom is 0.255 e. The van der Waals surface area contributed by atoms with Crippen LogP contribution < -0.4 is 31.5 Å². The van der Waals surface area contributed by atoms with E-state index in [4.69, 9.17) is 39.3 Å². The third-order valence-corrected chi connectivity index (χ3v) is 7.58. The van der Waals surface area contributed by atoms with Gasteiger partial charge >= 0.3 is 0 Å². The number of aromatic amines is 1. The molecular weight excluding hydrogens is 716 g/mol. The average molecular weight is 758 g/mol. The van der Waals surface area contributed by atoms with Crippen LogP contribution in [0.4, 0.5) is 22.7 Å². The summed E-state index contributed by atoms with van der Waals surface area (Å²) in [5.74, 6) is 0.334. The number of aromatic nitrogens is 3. The highest BCUT2D eigenvalue weighted by Crippen LogP contribution is 2.32. The lowest BCUT2D eigenvalue weighted by Gasteiger charge is -2.27. The average Bonchev–Trinajstić information content (AvgIpc) is 3.62. The van der Waals surface area contributed by atoms with Gasteiger partial charge in [-0.25, -0.2) is 4.98 Å². The van der Waals surface area contributed by atoms with Gasteiger partial charge in [0.2, 0.25) is 12.3 Å². The van der Waals surface area contributed by atoms with Crippen molar-refractivity contribution in [1.29, 1.82) is 5.41 Å². The Labute approximate surface area is 307 Å². The minimum absolute atomic E-state index is 0. The second-order valence-corrected chi connectivity index (χ2v) is 11.7. The maximum atomic E-state index is 13.6. The monoisotopic (exact) mass is 755 g/mol. The van der Waals surface area contributed by atoms with Gasteiger partial charge in [-0.15, -0.1) is 48.0 Å². The van der Waals surface area contributed by atoms with Crippen LogP contribution in [0, 0.1) is 5.41 Å². The van der Waals surface area contributed by atoms with E-state index < -0.39 is 0 Å². The van der Waals surface area contributed by atoms with Gasteiger partial charge in [0.05, 0.1) is 40.3 Å². The minimum Gasteiger partial charge on any atom is -0.370 e. The van der Waals surface area contributed by atoms with Gasteiger partial charge in [0, 0.05) is 62.4 Å². The van der Waals surface area contributed by atoms with Crippen molar-refractivity contribution < 1.29 is 14.4 Å². The van der Waals surface area contributed by atoms with Crippen LogP contribution in [-0.2, 0) is 16.6 Å². The Hall–Kier alpha value is -4.21. The molecule has 2 heterocycles. The molecule has 49 heavy (non-hydrogen) atoms. The molecule has 7 N–H and O–H groups in total. The number of hydrogen-bond acceptors (Lipinski definition) is 7. The van der Waals surface area contributed by atoms with Crippen molar-refractivity contribution in [2.75, 3.05) is 79.0 Å². The molecule has 14 nitrogen and oxygen atoms in total. The smallest absolute Gasteiger partial charge is 0.255 e. The van der Waals surface area contributed by atoms with Crippen molar-refractivity contribution in [3.05, 3.63) is 54.2 Å². The van der Waals surface area contributed by atoms with Crippen molar-refractivity contribution in [3.63, 3.8) is 0 Å². The Morgan fingerprint density at radius 2 is 1.73 bits per heavy atom. The molecule has 2 aromatic carbocycles. The molecule has 3 amide bonds. The number of anilines is 4. The van der Waals surface area contributed by atoms with Gasteiger partial charge in [-0.1, -0.05) is 0 Å². The number of halogens is 4. The Balaban J connectivity index is 0.00000417. The van der Waals surface area contributed by atoms with Crippen molar-refractivity contribution in [3.8, 4) is 11.5 Å². The highest BCUT2D eigenvalue weighted by Gasteiger charge is 2.19. The topological polar surface area (TPSA) is 180 Å². The number of guanidine groups is 1. The Kier molecular flexibility index (Phi) is 16.0. The van der Waals surface area contributed by atoms with E-state index in [9.17, 15) is 14.4 Å². The first kappa shape index (κ1) is 41.0. The number of fused-ring (bicyclic) bond motifs is 1. The van der Waals surface area contributed by atoms with Gasteiger partial charge < -0.3 is 45.9 Å². The summed E-state index contributed by atoms with van der Waals surface area (Å²) < 4.78 is 1.81. The number of benzene rings is 2. The number of nitrogens with one attached hydrogen (secondary N) is 5. The molecule has 0 bridgehead atoms. The summed E-state index contributed by atoms with van der Waals surface area (Å²) in [6.45, 7) is 2.04. The van der Waals surface area contributed by atoms with Gasteiger partial charge in [-0.2, -0.15) is 0 Å². The van der Waals surface area contributed by atoms with Gasteiger partial charge in [-0.3, -0.25) is 19.8 Å². The number of imidazole rings is 1. The predicted octanol–water partition coefficient (Wildman–Crippen LogP) is 3.89. The molecule has 0 saturated heterocycles. The molecule has 18 heteroatoms. The number of H-pyrrole nitrogens is 1. The Morgan fingerprint density at radius 1 is 1.02 bits per heavy atom. The maximum absolute atomic E-state index is 13.6. The number of amides is 3. The fourth-order valence-corrected chi connectivity index (χ4v) is 5.29. The molecular formula is C31H41Cl4N11O3. The van der Waals surface area contributed by atoms with Gasteiger partial charge in [0.1, 0.15) is 0 Å². The van der Waals surface area contributed by atoms with E-state index in [1.54, 1.807) is 46.0 Å². The zero-order valence-corrected chi connectivity index (χ0v) is 30.4. The molecule has 0 spiro atoms. The second kappa shape index (κ2) is 19.1. The molecule has 0 atom stereocenters. The number of alkyl halides is 2. The van der Waals surface area contributed by atoms with Gasteiger partial charge in [0.25, 0.3) is 5.91 Å². The standard InChI is InChI=1S/C31H39Cl2N11O3.2ClH/c1-41(2)12-13-44(19-45)26-16-22(43(10-8-32)11-9-33)5-7-24(26)40-30(47)20-4-6-23-25(14-20)39-29(38-23)27-15-21(18-42(27)3)37-28(46)17-36-31(34)35;;/h4-7,14-16,18-19H,8-13,17H2,1-3H3,(H,37,46)(H,38,39)(H,40,47)(H4,34,35,36);2*1H. The first-order chi connectivity index (χ1) is 22.5. The van der Waals surface area contributed by atoms with E-state index >= 15 is 0 Å². The first-order valence-electron chi connectivity index (χ1n) is 14.8. The lowest BCUT2D eigenvalue weighted by atomic mass is 10.1. The predicted molar refractivity (Wildman–Crippen MR) is 204 cm³/mol. The third kappa shape index (κ3) is 10.9. The molecule has 2 aromatic heterocycles. The number of likely N-dealkylation sites (N-methyl/N-ethyl adjacent to an activating group) is 1. The van der Waals surface area contributed by atoms with Crippen molar-refractivity contribution in [1.82, 2.24) is 24.8 Å². The largest absolute Gasteiger partial charge is 0.370 e. The van der Waals surface area contributed by atoms with Gasteiger partial charge in [0.15, 0.2) is 11.8 Å². The van der Waals surface area contributed by atoms with Crippen LogP contribution in [0.5, 0.6) is 0 Å². The van der Waals surface area contributed by atoms with E-state index in [1.807, 2.05) is 43.1 Å². The van der Waals surface area contributed by atoms with E-state index in [2.05, 4.69) is 20.9 Å². The summed E-state index contributed by atoms with van der Waals surface area (Å²) >= 11 is 12.1. The highest BCUT2D eigenvalue weighted by molar-refractivity contribution is 6.18. The van der Waals surface area contributed by atoms with Crippen LogP contribution in [0.1, 0.15) is 10.4 Å². The van der Waals surface area contributed by atoms with Crippen molar-refractivity contribution >= 4 is 106 Å². The van der Waals surface area contributed by atoms with Crippen LogP contribution in [0.25, 0.3) is 22.6 Å². The molecule has 0 radical (unpaired) electrons. The second-order valence-electron chi connectivity index (χ2n) is 11.0. The molecule has 0 aliphatic rings. The van der Waals surface area contributed by atoms with E-state index in [0.717, 1.165) is 12.1 Å². The van der Waals surface area contributed by atoms with E-state index in [1.165, 1.54) is 0 Å². The van der Waals surface area contributed by atoms with Crippen molar-refractivity contribution in [2.45, 2.75) is 0 Å². The molecule has 266 valence electrons. The fourth-order valence-electron chi connectivity index (χ4n) is 4.88. The molecule has 0 fully saturated rings. The SMILES string of the molecule is CN(C)CCN(C=O)c1cc(N(CCCl)CCCl)ccc1NC(=O)c1ccc2[nH]c(-c3cc(NC(=O)CNC(=N)N)cn3C)nc2c1.Cl.Cl. The van der Waals surface area contributed by atoms with Crippen LogP contribution in [0.3, 0.4) is 0 Å². The summed E-state index contributed by atoms with van der Waals surface area (Å²) in [4.78, 5) is 51.5. The first-order valence-corrected chi connectivity index (χ1v) is 15.8. The minimum atomic E-state index is -0.370. The number of carbonyl (C=O) groups is 3. The van der Waals surface area contributed by atoms with Gasteiger partial charge in [-0.05, 0) is 56.6 Å². The van der Waals surface area contributed by atoms with Crippen LogP contribution in [0.15, 0.2) is 48.7 Å². The van der Waals surface area contributed by atoms with E-state index in [0.29, 0.717) is 83.1 Å². The lowest BCUT2D eigenvalue weighted by Crippen LogP contribution is -2.36. The Bertz CT molecular complexity index is 1740. The molecule has 4 aromatic rings. The highest BCUT2D eigenvalue weighted by atomic mass is 35.5. The Morgan fingerprint density at radius 3 is 2.37 bits per heavy atom. The fraction of sp³-hybridized carbons (Fsp3) is 0.323. The number of nitrogens with two attached hydrogens (primary N) is 1. The van der Waals surface area contributed by atoms with Crippen LogP contribution in [-0.4, -0.2) is 102 Å². The normalized spacial score (nSPS) is 10.6. The van der Waals surface area contributed by atoms with E-state index in [-0.39, 0.29) is 49.1 Å².